The molecule has 2 aromatic rings. The minimum absolute atomic E-state index is 0.640. The van der Waals surface area contributed by atoms with Crippen molar-refractivity contribution >= 4 is 17.3 Å². The van der Waals surface area contributed by atoms with Crippen molar-refractivity contribution < 1.29 is 5.11 Å². The van der Waals surface area contributed by atoms with Crippen LogP contribution >= 0.6 is 11.6 Å². The summed E-state index contributed by atoms with van der Waals surface area (Å²) in [5.41, 5.74) is 5.13. The number of benzene rings is 2. The summed E-state index contributed by atoms with van der Waals surface area (Å²) in [4.78, 5) is 0. The lowest BCUT2D eigenvalue weighted by molar-refractivity contribution is 0.221. The van der Waals surface area contributed by atoms with E-state index < -0.39 is 6.10 Å². The quantitative estimate of drug-likeness (QED) is 0.874. The van der Waals surface area contributed by atoms with Gasteiger partial charge in [-0.05, 0) is 36.1 Å². The van der Waals surface area contributed by atoms with Crippen molar-refractivity contribution in [3.63, 3.8) is 0 Å². The second-order valence-corrected chi connectivity index (χ2v) is 5.38. The number of nitrogens with one attached hydrogen (secondary N) is 1. The molecule has 0 radical (unpaired) electrons. The molecule has 0 spiro atoms. The van der Waals surface area contributed by atoms with Crippen LogP contribution < -0.4 is 5.32 Å². The molecular weight excluding hydrogens is 258 g/mol. The fourth-order valence-corrected chi connectivity index (χ4v) is 2.74. The minimum Gasteiger partial charge on any atom is -0.384 e. The predicted octanol–water partition coefficient (Wildman–Crippen LogP) is 3.70. The minimum atomic E-state index is -0.640. The number of aliphatic hydroxyl groups excluding tert-OH is 1. The largest absolute Gasteiger partial charge is 0.384 e. The van der Waals surface area contributed by atoms with Crippen LogP contribution in [0.25, 0.3) is 0 Å². The summed E-state index contributed by atoms with van der Waals surface area (Å²) in [6.45, 7) is 2.90. The predicted molar refractivity (Wildman–Crippen MR) is 78.9 cm³/mol. The molecule has 0 saturated carbocycles. The van der Waals surface area contributed by atoms with Gasteiger partial charge in [0.15, 0.2) is 0 Å². The average molecular weight is 274 g/mol. The van der Waals surface area contributed by atoms with E-state index in [4.69, 9.17) is 11.6 Å². The highest BCUT2D eigenvalue weighted by atomic mass is 35.5. The average Bonchev–Trinajstić information content (AvgIpc) is 2.89. The lowest BCUT2D eigenvalue weighted by Gasteiger charge is -2.16. The zero-order chi connectivity index (χ0) is 13.4. The van der Waals surface area contributed by atoms with Crippen molar-refractivity contribution in [1.82, 2.24) is 0 Å². The third-order valence-electron chi connectivity index (χ3n) is 3.69. The first-order chi connectivity index (χ1) is 9.16. The molecule has 0 amide bonds. The van der Waals surface area contributed by atoms with Crippen LogP contribution in [0.15, 0.2) is 36.4 Å². The van der Waals surface area contributed by atoms with Gasteiger partial charge in [-0.1, -0.05) is 41.9 Å². The fourth-order valence-electron chi connectivity index (χ4n) is 2.55. The topological polar surface area (TPSA) is 32.3 Å². The third kappa shape index (κ3) is 2.22. The Kier molecular flexibility index (Phi) is 3.21. The van der Waals surface area contributed by atoms with Crippen molar-refractivity contribution in [2.24, 2.45) is 0 Å². The molecular formula is C16H16ClNO. The maximum atomic E-state index is 10.6. The summed E-state index contributed by atoms with van der Waals surface area (Å²) in [7, 11) is 0. The lowest BCUT2D eigenvalue weighted by Crippen LogP contribution is -2.04. The molecule has 0 aliphatic carbocycles. The Labute approximate surface area is 118 Å². The second kappa shape index (κ2) is 4.87. The number of rotatable bonds is 2. The Morgan fingerprint density at radius 3 is 2.89 bits per heavy atom. The van der Waals surface area contributed by atoms with E-state index in [1.165, 1.54) is 5.56 Å². The summed E-state index contributed by atoms with van der Waals surface area (Å²) >= 11 is 6.14. The Morgan fingerprint density at radius 1 is 1.26 bits per heavy atom. The number of aliphatic hydroxyl groups is 1. The van der Waals surface area contributed by atoms with Gasteiger partial charge in [0.2, 0.25) is 0 Å². The van der Waals surface area contributed by atoms with Crippen LogP contribution in [0.2, 0.25) is 5.02 Å². The molecule has 0 bridgehead atoms. The molecule has 2 aromatic carbocycles. The highest BCUT2D eigenvalue weighted by Gasteiger charge is 2.20. The molecule has 2 nitrogen and oxygen atoms in total. The highest BCUT2D eigenvalue weighted by molar-refractivity contribution is 6.31. The van der Waals surface area contributed by atoms with Crippen LogP contribution in [0.3, 0.4) is 0 Å². The van der Waals surface area contributed by atoms with E-state index in [-0.39, 0.29) is 0 Å². The van der Waals surface area contributed by atoms with Gasteiger partial charge in [0.25, 0.3) is 0 Å². The van der Waals surface area contributed by atoms with Crippen LogP contribution in [0, 0.1) is 6.92 Å². The highest BCUT2D eigenvalue weighted by Crippen LogP contribution is 2.34. The van der Waals surface area contributed by atoms with Gasteiger partial charge in [-0.15, -0.1) is 0 Å². The number of anilines is 1. The molecule has 3 rings (SSSR count). The third-order valence-corrected chi connectivity index (χ3v) is 4.09. The molecule has 1 aliphatic rings. The van der Waals surface area contributed by atoms with Gasteiger partial charge >= 0.3 is 0 Å². The van der Waals surface area contributed by atoms with Crippen molar-refractivity contribution in [3.05, 3.63) is 63.7 Å². The smallest absolute Gasteiger partial charge is 0.106 e. The van der Waals surface area contributed by atoms with Gasteiger partial charge in [-0.2, -0.15) is 0 Å². The number of aryl methyl sites for hydroxylation is 1. The number of hydrogen-bond acceptors (Lipinski definition) is 2. The van der Waals surface area contributed by atoms with Gasteiger partial charge in [0.05, 0.1) is 0 Å². The molecule has 2 N–H and O–H groups in total. The number of halogens is 1. The lowest BCUT2D eigenvalue weighted by atomic mass is 9.97. The van der Waals surface area contributed by atoms with Crippen molar-refractivity contribution in [1.29, 1.82) is 0 Å². The molecule has 98 valence electrons. The van der Waals surface area contributed by atoms with E-state index in [2.05, 4.69) is 11.4 Å². The SMILES string of the molecule is Cc1ccc(C(O)c2cccc3c2NCC3)cc1Cl. The first-order valence-corrected chi connectivity index (χ1v) is 6.84. The monoisotopic (exact) mass is 273 g/mol. The van der Waals surface area contributed by atoms with Crippen molar-refractivity contribution in [2.75, 3.05) is 11.9 Å². The molecule has 1 unspecified atom stereocenters. The van der Waals surface area contributed by atoms with E-state index in [9.17, 15) is 5.11 Å². The van der Waals surface area contributed by atoms with Gasteiger partial charge in [-0.3, -0.25) is 0 Å². The first-order valence-electron chi connectivity index (χ1n) is 6.46. The van der Waals surface area contributed by atoms with E-state index in [0.29, 0.717) is 5.02 Å². The maximum Gasteiger partial charge on any atom is 0.106 e. The Balaban J connectivity index is 2.02. The van der Waals surface area contributed by atoms with Crippen LogP contribution in [0.5, 0.6) is 0 Å². The van der Waals surface area contributed by atoms with Gasteiger partial charge in [-0.25, -0.2) is 0 Å². The van der Waals surface area contributed by atoms with E-state index >= 15 is 0 Å². The molecule has 1 aliphatic heterocycles. The summed E-state index contributed by atoms with van der Waals surface area (Å²) in [5.74, 6) is 0. The van der Waals surface area contributed by atoms with Gasteiger partial charge < -0.3 is 10.4 Å². The van der Waals surface area contributed by atoms with Gasteiger partial charge in [0, 0.05) is 22.8 Å². The molecule has 1 heterocycles. The van der Waals surface area contributed by atoms with E-state index in [1.54, 1.807) is 0 Å². The molecule has 0 fully saturated rings. The summed E-state index contributed by atoms with van der Waals surface area (Å²) < 4.78 is 0. The normalized spacial score (nSPS) is 14.9. The van der Waals surface area contributed by atoms with E-state index in [0.717, 1.165) is 35.3 Å². The van der Waals surface area contributed by atoms with Crippen molar-refractivity contribution in [2.45, 2.75) is 19.4 Å². The van der Waals surface area contributed by atoms with Crippen LogP contribution in [0.4, 0.5) is 5.69 Å². The molecule has 0 aromatic heterocycles. The second-order valence-electron chi connectivity index (χ2n) is 4.97. The van der Waals surface area contributed by atoms with Gasteiger partial charge in [0.1, 0.15) is 6.10 Å². The molecule has 0 saturated heterocycles. The number of para-hydroxylation sites is 1. The summed E-state index contributed by atoms with van der Waals surface area (Å²) in [5, 5.41) is 14.6. The molecule has 19 heavy (non-hydrogen) atoms. The Morgan fingerprint density at radius 2 is 2.11 bits per heavy atom. The maximum absolute atomic E-state index is 10.6. The van der Waals surface area contributed by atoms with Crippen LogP contribution in [-0.4, -0.2) is 11.7 Å². The molecule has 1 atom stereocenters. The molecule has 3 heteroatoms. The van der Waals surface area contributed by atoms with Crippen LogP contribution in [0.1, 0.15) is 28.4 Å². The summed E-state index contributed by atoms with van der Waals surface area (Å²) in [6.07, 6.45) is 0.378. The number of hydrogen-bond donors (Lipinski definition) is 2. The van der Waals surface area contributed by atoms with Crippen molar-refractivity contribution in [3.8, 4) is 0 Å². The fraction of sp³-hybridized carbons (Fsp3) is 0.250. The Bertz CT molecular complexity index is 624. The zero-order valence-corrected chi connectivity index (χ0v) is 11.5. The standard InChI is InChI=1S/C16H16ClNO/c1-10-5-6-12(9-14(10)17)16(19)13-4-2-3-11-7-8-18-15(11)13/h2-6,9,16,18-19H,7-8H2,1H3. The van der Waals surface area contributed by atoms with Crippen LogP contribution in [-0.2, 0) is 6.42 Å². The summed E-state index contributed by atoms with van der Waals surface area (Å²) in [6, 6.07) is 11.8. The number of fused-ring (bicyclic) bond motifs is 1. The Hall–Kier alpha value is -1.51. The first kappa shape index (κ1) is 12.5. The van der Waals surface area contributed by atoms with E-state index in [1.807, 2.05) is 37.3 Å². The zero-order valence-electron chi connectivity index (χ0n) is 10.8.